The Hall–Kier alpha value is -7.47. The van der Waals surface area contributed by atoms with Gasteiger partial charge in [-0.25, -0.2) is 21.9 Å². The summed E-state index contributed by atoms with van der Waals surface area (Å²) in [7, 11) is -4.75. The first kappa shape index (κ1) is 55.4. The zero-order valence-electron chi connectivity index (χ0n) is 47.5. The third-order valence-corrected chi connectivity index (χ3v) is 20.2. The zero-order valence-corrected chi connectivity index (χ0v) is 48.3. The monoisotopic (exact) mass is 1190 g/mol. The van der Waals surface area contributed by atoms with Gasteiger partial charge in [-0.15, -0.1) is 0 Å². The molecule has 85 heavy (non-hydrogen) atoms. The largest absolute Gasteiger partial charge is 0.491 e. The second-order valence-corrected chi connectivity index (χ2v) is 26.0. The molecule has 20 nitrogen and oxygen atoms in total. The van der Waals surface area contributed by atoms with Crippen LogP contribution in [0.25, 0.3) is 11.0 Å². The number of anilines is 5. The number of fused-ring (bicyclic) bond motifs is 5. The third-order valence-electron chi connectivity index (χ3n) is 18.9. The van der Waals surface area contributed by atoms with Crippen LogP contribution in [-0.2, 0) is 25.9 Å². The van der Waals surface area contributed by atoms with Crippen LogP contribution in [0.5, 0.6) is 23.1 Å². The minimum absolute atomic E-state index is 0.00310. The van der Waals surface area contributed by atoms with Crippen molar-refractivity contribution in [2.75, 3.05) is 92.4 Å². The number of halogens is 2. The smallest absolute Gasteiger partial charge is 0.297 e. The van der Waals surface area contributed by atoms with E-state index in [0.717, 1.165) is 67.0 Å². The maximum Gasteiger partial charge on any atom is 0.297 e. The Balaban J connectivity index is 0.743. The van der Waals surface area contributed by atoms with E-state index in [-0.39, 0.29) is 83.3 Å². The van der Waals surface area contributed by atoms with E-state index in [9.17, 15) is 23.3 Å². The number of carbonyl (C=O) groups is 1. The van der Waals surface area contributed by atoms with Crippen LogP contribution in [0.2, 0.25) is 0 Å². The molecule has 3 N–H and O–H groups in total. The Morgan fingerprint density at radius 3 is 2.53 bits per heavy atom. The van der Waals surface area contributed by atoms with E-state index in [2.05, 4.69) is 30.9 Å². The van der Waals surface area contributed by atoms with Crippen LogP contribution < -0.4 is 43.7 Å². The van der Waals surface area contributed by atoms with Gasteiger partial charge in [-0.2, -0.15) is 4.98 Å². The van der Waals surface area contributed by atoms with Crippen molar-refractivity contribution in [2.45, 2.75) is 113 Å². The number of aryl methyl sites for hydroxylation is 1. The topological polar surface area (TPSA) is 215 Å². The lowest BCUT2D eigenvalue weighted by atomic mass is 9.59. The molecule has 4 aromatic carbocycles. The highest BCUT2D eigenvalue weighted by Crippen LogP contribution is 2.55. The molecule has 1 amide bonds. The number of nitro benzene ring substituents is 1. The summed E-state index contributed by atoms with van der Waals surface area (Å²) in [6.45, 7) is 9.18. The average molecular weight is 1190 g/mol. The number of amides is 1. The number of sulfonamides is 1. The van der Waals surface area contributed by atoms with E-state index in [1.165, 1.54) is 12.1 Å². The number of aromatic nitrogens is 2. The van der Waals surface area contributed by atoms with E-state index in [0.29, 0.717) is 107 Å². The molecule has 14 rings (SSSR count). The van der Waals surface area contributed by atoms with E-state index >= 15 is 8.78 Å². The van der Waals surface area contributed by atoms with Crippen LogP contribution in [0.1, 0.15) is 92.7 Å². The number of piperidine rings is 1. The molecule has 6 aromatic rings. The van der Waals surface area contributed by atoms with Crippen molar-refractivity contribution < 1.29 is 55.3 Å². The van der Waals surface area contributed by atoms with Crippen LogP contribution in [0, 0.1) is 33.1 Å². The number of para-hydroxylation sites is 1. The van der Waals surface area contributed by atoms with Crippen LogP contribution >= 0.6 is 0 Å². The molecule has 4 atom stereocenters. The first-order valence-electron chi connectivity index (χ1n) is 29.8. The lowest BCUT2D eigenvalue weighted by Gasteiger charge is -2.58. The van der Waals surface area contributed by atoms with E-state index in [1.807, 2.05) is 66.1 Å². The summed E-state index contributed by atoms with van der Waals surface area (Å²) in [6, 6.07) is 20.4. The summed E-state index contributed by atoms with van der Waals surface area (Å²) in [5.41, 5.74) is 3.69. The highest BCUT2D eigenvalue weighted by Gasteiger charge is 2.51. The number of nitro groups is 1. The van der Waals surface area contributed by atoms with Crippen LogP contribution in [0.3, 0.4) is 0 Å². The molecule has 7 aliphatic heterocycles. The van der Waals surface area contributed by atoms with Crippen molar-refractivity contribution in [3.05, 3.63) is 117 Å². The van der Waals surface area contributed by atoms with Crippen LogP contribution in [0.15, 0.2) is 83.9 Å². The quantitative estimate of drug-likeness (QED) is 0.0768. The van der Waals surface area contributed by atoms with Gasteiger partial charge in [0, 0.05) is 99.1 Å². The van der Waals surface area contributed by atoms with Gasteiger partial charge in [0.1, 0.15) is 41.3 Å². The summed E-state index contributed by atoms with van der Waals surface area (Å²) < 4.78 is 99.9. The maximum absolute atomic E-state index is 16.4. The molecule has 0 bridgehead atoms. The van der Waals surface area contributed by atoms with Gasteiger partial charge in [-0.1, -0.05) is 18.2 Å². The summed E-state index contributed by atoms with van der Waals surface area (Å²) in [5, 5.41) is 16.7. The lowest BCUT2D eigenvalue weighted by molar-refractivity contribution is -0.384. The molecular formula is C62H69F2N9O11S. The van der Waals surface area contributed by atoms with Crippen molar-refractivity contribution in [1.82, 2.24) is 19.6 Å². The van der Waals surface area contributed by atoms with E-state index in [4.69, 9.17) is 33.4 Å². The van der Waals surface area contributed by atoms with Gasteiger partial charge in [-0.05, 0) is 125 Å². The fourth-order valence-corrected chi connectivity index (χ4v) is 15.6. The van der Waals surface area contributed by atoms with Gasteiger partial charge in [0.2, 0.25) is 5.88 Å². The first-order valence-corrected chi connectivity index (χ1v) is 31.3. The molecule has 5 fully saturated rings. The molecule has 4 saturated heterocycles. The number of hydrogen-bond acceptors (Lipinski definition) is 17. The second kappa shape index (κ2) is 22.1. The van der Waals surface area contributed by atoms with Crippen LogP contribution in [0.4, 0.5) is 42.9 Å². The Morgan fingerprint density at radius 2 is 1.72 bits per heavy atom. The van der Waals surface area contributed by atoms with Crippen molar-refractivity contribution in [1.29, 1.82) is 0 Å². The van der Waals surface area contributed by atoms with Gasteiger partial charge in [0.05, 0.1) is 58.5 Å². The summed E-state index contributed by atoms with van der Waals surface area (Å²) in [4.78, 5) is 43.2. The molecule has 0 radical (unpaired) electrons. The Bertz CT molecular complexity index is 3700. The molecule has 8 aliphatic rings. The number of benzene rings is 4. The van der Waals surface area contributed by atoms with Crippen molar-refractivity contribution in [3.63, 3.8) is 0 Å². The van der Waals surface area contributed by atoms with Crippen molar-refractivity contribution in [2.24, 2.45) is 11.3 Å². The third kappa shape index (κ3) is 10.3. The molecule has 1 saturated carbocycles. The first-order chi connectivity index (χ1) is 41.2. The van der Waals surface area contributed by atoms with Crippen molar-refractivity contribution >= 4 is 61.1 Å². The minimum Gasteiger partial charge on any atom is -0.491 e. The molecule has 9 heterocycles. The van der Waals surface area contributed by atoms with Crippen LogP contribution in [-0.4, -0.2) is 137 Å². The molecule has 1 spiro atoms. The van der Waals surface area contributed by atoms with E-state index in [1.54, 1.807) is 12.3 Å². The average Bonchev–Trinajstić information content (AvgIpc) is 3.76. The number of piperazine rings is 1. The highest BCUT2D eigenvalue weighted by atomic mass is 32.2. The summed E-state index contributed by atoms with van der Waals surface area (Å²) in [6.07, 6.45) is 8.21. The number of rotatable bonds is 12. The van der Waals surface area contributed by atoms with Gasteiger partial charge in [0.15, 0.2) is 23.0 Å². The lowest BCUT2D eigenvalue weighted by Crippen LogP contribution is -2.60. The zero-order chi connectivity index (χ0) is 58.3. The molecule has 23 heteroatoms. The van der Waals surface area contributed by atoms with Gasteiger partial charge in [0.25, 0.3) is 21.6 Å². The number of pyridine rings is 1. The van der Waals surface area contributed by atoms with Gasteiger partial charge < -0.3 is 53.4 Å². The maximum atomic E-state index is 16.4. The number of H-pyrrole nitrogens is 1. The minimum atomic E-state index is -4.75. The predicted octanol–water partition coefficient (Wildman–Crippen LogP) is 9.58. The number of aromatic amines is 1. The number of carbonyl (C=O) groups excluding carboxylic acids is 1. The standard InChI is InChI=1S/C62H69F2N9O11S/c1-36(2)83-52-8-4-3-7-43(52)51-33-70(57-45(63)26-38-6-5-22-81-58(38)55(57)64)20-21-71(51)41-31-62(32-41)15-18-69(19-16-62)40-9-10-44(48(28-40)72-47-14-25-80-35-54(47)84-61-50(72)27-39-11-17-65-59(39)67-61)60(74)68-85(77,78)42-29-49(73(75)76)56-53(30-42)82-34-46(66-56)37-12-23-79-24-13-37/h3-4,7-11,17,26-30,36-37,41,46-47,51,54,66H,5-6,12-16,18-25,31-35H2,1-2H3,(H,65,67)(H,68,74)/t46-,47-,51-,54-/m0/s1. The molecule has 1 aliphatic carbocycles. The fraction of sp³-hybridized carbons (Fsp3) is 0.484. The summed E-state index contributed by atoms with van der Waals surface area (Å²) >= 11 is 0. The number of ether oxygens (including phenoxy) is 6. The van der Waals surface area contributed by atoms with Crippen molar-refractivity contribution in [3.8, 4) is 23.1 Å². The molecule has 448 valence electrons. The Morgan fingerprint density at radius 1 is 0.906 bits per heavy atom. The van der Waals surface area contributed by atoms with Gasteiger partial charge >= 0.3 is 0 Å². The Labute approximate surface area is 491 Å². The molecular weight excluding hydrogens is 1120 g/mol. The SMILES string of the molecule is CC(C)Oc1ccccc1[C@@H]1CN(c2c(F)cc3c(c2F)OCCC3)CCN1C1CC2(CCN(c3ccc(C(=O)NS(=O)(=O)c4cc5c(c([N+](=O)[O-])c4)N[C@H](C4CCOCC4)CO5)c(N4c5cc6cc[nH]c6nc5O[C@H]5COCC[C@@H]54)c3)CC2)C1. The summed E-state index contributed by atoms with van der Waals surface area (Å²) in [5.74, 6) is -0.761. The van der Waals surface area contributed by atoms with E-state index < -0.39 is 49.2 Å². The molecule has 2 aromatic heterocycles. The number of nitrogens with one attached hydrogen (secondary N) is 3. The predicted molar refractivity (Wildman–Crippen MR) is 313 cm³/mol. The second-order valence-electron chi connectivity index (χ2n) is 24.3. The Kier molecular flexibility index (Phi) is 14.4. The fourth-order valence-electron chi connectivity index (χ4n) is 14.6. The molecule has 0 unspecified atom stereocenters. The van der Waals surface area contributed by atoms with Gasteiger partial charge in [-0.3, -0.25) is 19.8 Å². The highest BCUT2D eigenvalue weighted by molar-refractivity contribution is 7.90. The number of hydrogen-bond donors (Lipinski definition) is 3. The normalized spacial score (nSPS) is 23.3. The number of nitrogens with zero attached hydrogens (tertiary/aromatic N) is 6.